The monoisotopic (exact) mass is 619 g/mol. The van der Waals surface area contributed by atoms with Gasteiger partial charge in [0.2, 0.25) is 0 Å². The molecule has 0 bridgehead atoms. The predicted molar refractivity (Wildman–Crippen MR) is 168 cm³/mol. The highest BCUT2D eigenvalue weighted by atomic mass is 32.1. The van der Waals surface area contributed by atoms with Crippen LogP contribution >= 0.6 is 11.3 Å². The molecule has 7 rings (SSSR count). The van der Waals surface area contributed by atoms with Crippen LogP contribution in [0.5, 0.6) is 0 Å². The number of nitriles is 1. The Kier molecular flexibility index (Phi) is 7.53. The van der Waals surface area contributed by atoms with Crippen LogP contribution in [0.3, 0.4) is 0 Å². The molecule has 3 fully saturated rings. The van der Waals surface area contributed by atoms with Gasteiger partial charge in [0, 0.05) is 59.2 Å². The standard InChI is InChI=1S/C33H36F3N7S/c1-20(43(24-4-5-24)25-6-7-25)17-42-26(16-37)13-28-21(2)22(3-8-30(28)42)18-41-11-9-23(10-12-41)40-31-29-14-27(15-33(34,35)36)44-32(29)39-19-38-31/h3,8,13-14,19,23-25H,1,4-7,9-12,15,17-18H2,2H3,(H,38,39,40). The molecule has 1 saturated heterocycles. The lowest BCUT2D eigenvalue weighted by Gasteiger charge is -2.33. The fraction of sp³-hybridized carbons (Fsp3) is 0.485. The van der Waals surface area contributed by atoms with Crippen LogP contribution in [0, 0.1) is 18.3 Å². The van der Waals surface area contributed by atoms with Crippen molar-refractivity contribution in [1.29, 1.82) is 5.26 Å². The molecule has 3 aromatic heterocycles. The lowest BCUT2D eigenvalue weighted by molar-refractivity contribution is -0.126. The van der Waals surface area contributed by atoms with Gasteiger partial charge in [-0.05, 0) is 74.8 Å². The van der Waals surface area contributed by atoms with Crippen LogP contribution in [0.4, 0.5) is 19.0 Å². The Morgan fingerprint density at radius 2 is 1.82 bits per heavy atom. The number of hydrogen-bond acceptors (Lipinski definition) is 7. The number of alkyl halides is 3. The van der Waals surface area contributed by atoms with Crippen molar-refractivity contribution in [2.45, 2.75) is 89.3 Å². The molecule has 0 spiro atoms. The van der Waals surface area contributed by atoms with E-state index < -0.39 is 12.6 Å². The van der Waals surface area contributed by atoms with E-state index in [-0.39, 0.29) is 10.9 Å². The van der Waals surface area contributed by atoms with Gasteiger partial charge in [-0.15, -0.1) is 11.3 Å². The van der Waals surface area contributed by atoms with Crippen molar-refractivity contribution in [2.24, 2.45) is 0 Å². The van der Waals surface area contributed by atoms with E-state index in [4.69, 9.17) is 0 Å². The molecule has 0 radical (unpaired) electrons. The van der Waals surface area contributed by atoms with E-state index in [9.17, 15) is 18.4 Å². The maximum absolute atomic E-state index is 12.9. The predicted octanol–water partition coefficient (Wildman–Crippen LogP) is 7.15. The maximum atomic E-state index is 12.9. The van der Waals surface area contributed by atoms with Crippen LogP contribution in [0.1, 0.15) is 60.2 Å². The van der Waals surface area contributed by atoms with Gasteiger partial charge in [0.15, 0.2) is 0 Å². The SMILES string of the molecule is C=C(Cn1c(C#N)cc2c(C)c(CN3CCC(Nc4ncnc5sc(CC(F)(F)F)cc45)CC3)ccc21)N(C1CC1)C1CC1. The van der Waals surface area contributed by atoms with Gasteiger partial charge in [0.1, 0.15) is 28.7 Å². The number of hydrogen-bond donors (Lipinski definition) is 1. The summed E-state index contributed by atoms with van der Waals surface area (Å²) in [6.45, 7) is 9.87. The summed E-state index contributed by atoms with van der Waals surface area (Å²) in [5, 5.41) is 15.3. The van der Waals surface area contributed by atoms with Crippen LogP contribution < -0.4 is 5.32 Å². The Balaban J connectivity index is 1.01. The van der Waals surface area contributed by atoms with Crippen molar-refractivity contribution in [1.82, 2.24) is 24.3 Å². The first kappa shape index (κ1) is 29.1. The number of likely N-dealkylation sites (tertiary alicyclic amines) is 1. The number of nitrogens with one attached hydrogen (secondary N) is 1. The van der Waals surface area contributed by atoms with Crippen LogP contribution in [-0.2, 0) is 19.5 Å². The second-order valence-corrected chi connectivity index (χ2v) is 13.7. The van der Waals surface area contributed by atoms with Crippen LogP contribution in [-0.4, -0.2) is 61.7 Å². The summed E-state index contributed by atoms with van der Waals surface area (Å²) in [7, 11) is 0. The molecule has 7 nitrogen and oxygen atoms in total. The molecule has 4 aromatic rings. The Labute approximate surface area is 259 Å². The molecule has 0 atom stereocenters. The molecule has 0 unspecified atom stereocenters. The minimum atomic E-state index is -4.25. The fourth-order valence-electron chi connectivity index (χ4n) is 6.71. The van der Waals surface area contributed by atoms with Gasteiger partial charge in [0.05, 0.1) is 18.4 Å². The number of halogens is 3. The van der Waals surface area contributed by atoms with Crippen LogP contribution in [0.25, 0.3) is 21.1 Å². The molecule has 44 heavy (non-hydrogen) atoms. The summed E-state index contributed by atoms with van der Waals surface area (Å²) in [5.74, 6) is 0.609. The largest absolute Gasteiger partial charge is 0.393 e. The van der Waals surface area contributed by atoms with Gasteiger partial charge in [-0.1, -0.05) is 12.6 Å². The molecule has 4 heterocycles. The second-order valence-electron chi connectivity index (χ2n) is 12.6. The highest BCUT2D eigenvalue weighted by Crippen LogP contribution is 2.40. The first-order chi connectivity index (χ1) is 21.2. The highest BCUT2D eigenvalue weighted by molar-refractivity contribution is 7.18. The van der Waals surface area contributed by atoms with E-state index in [1.807, 2.05) is 6.07 Å². The molecule has 1 aromatic carbocycles. The van der Waals surface area contributed by atoms with Gasteiger partial charge in [-0.2, -0.15) is 18.4 Å². The third-order valence-electron chi connectivity index (χ3n) is 9.25. The van der Waals surface area contributed by atoms with Crippen LogP contribution in [0.2, 0.25) is 0 Å². The molecular weight excluding hydrogens is 583 g/mol. The zero-order valence-electron chi connectivity index (χ0n) is 24.8. The van der Waals surface area contributed by atoms with E-state index >= 15 is 0 Å². The number of anilines is 1. The summed E-state index contributed by atoms with van der Waals surface area (Å²) in [6, 6.07) is 11.8. The van der Waals surface area contributed by atoms with E-state index in [0.717, 1.165) is 60.4 Å². The number of allylic oxidation sites excluding steroid dienone is 1. The minimum absolute atomic E-state index is 0.185. The number of rotatable bonds is 10. The molecule has 1 aliphatic heterocycles. The van der Waals surface area contributed by atoms with Gasteiger partial charge >= 0.3 is 6.18 Å². The summed E-state index contributed by atoms with van der Waals surface area (Å²) in [4.78, 5) is 14.3. The molecule has 11 heteroatoms. The Bertz CT molecular complexity index is 1740. The van der Waals surface area contributed by atoms with Crippen molar-refractivity contribution >= 4 is 38.3 Å². The van der Waals surface area contributed by atoms with E-state index in [1.165, 1.54) is 43.1 Å². The third kappa shape index (κ3) is 6.02. The van der Waals surface area contributed by atoms with E-state index in [1.54, 1.807) is 6.07 Å². The summed E-state index contributed by atoms with van der Waals surface area (Å²) < 4.78 is 40.9. The number of piperidine rings is 1. The number of aromatic nitrogens is 3. The summed E-state index contributed by atoms with van der Waals surface area (Å²) in [6.07, 6.45) is 3.01. The Hall–Kier alpha value is -3.62. The zero-order chi connectivity index (χ0) is 30.6. The lowest BCUT2D eigenvalue weighted by atomic mass is 10.0. The molecule has 2 aliphatic carbocycles. The summed E-state index contributed by atoms with van der Waals surface area (Å²) in [5.41, 5.74) is 5.34. The van der Waals surface area contributed by atoms with Crippen molar-refractivity contribution in [3.63, 3.8) is 0 Å². The zero-order valence-corrected chi connectivity index (χ0v) is 25.6. The minimum Gasteiger partial charge on any atom is -0.368 e. The first-order valence-electron chi connectivity index (χ1n) is 15.4. The third-order valence-corrected chi connectivity index (χ3v) is 10.3. The van der Waals surface area contributed by atoms with E-state index in [0.29, 0.717) is 40.4 Å². The second kappa shape index (κ2) is 11.4. The molecule has 3 aliphatic rings. The number of nitrogens with zero attached hydrogens (tertiary/aromatic N) is 6. The van der Waals surface area contributed by atoms with Crippen molar-refractivity contribution in [3.05, 3.63) is 64.6 Å². The van der Waals surface area contributed by atoms with Crippen molar-refractivity contribution in [3.8, 4) is 6.07 Å². The average molecular weight is 620 g/mol. The Morgan fingerprint density at radius 3 is 2.48 bits per heavy atom. The molecule has 0 amide bonds. The smallest absolute Gasteiger partial charge is 0.368 e. The first-order valence-corrected chi connectivity index (χ1v) is 16.3. The lowest BCUT2D eigenvalue weighted by Crippen LogP contribution is -2.39. The average Bonchev–Trinajstić information content (AvgIpc) is 3.92. The topological polar surface area (TPSA) is 73.0 Å². The van der Waals surface area contributed by atoms with Crippen molar-refractivity contribution < 1.29 is 13.2 Å². The maximum Gasteiger partial charge on any atom is 0.393 e. The number of aryl methyl sites for hydroxylation is 1. The summed E-state index contributed by atoms with van der Waals surface area (Å²) >= 11 is 1.07. The molecular formula is C33H36F3N7S. The fourth-order valence-corrected chi connectivity index (χ4v) is 7.74. The van der Waals surface area contributed by atoms with E-state index in [2.05, 4.69) is 61.4 Å². The van der Waals surface area contributed by atoms with Crippen molar-refractivity contribution in [2.75, 3.05) is 18.4 Å². The number of fused-ring (bicyclic) bond motifs is 2. The Morgan fingerprint density at radius 1 is 1.09 bits per heavy atom. The van der Waals surface area contributed by atoms with Gasteiger partial charge in [-0.3, -0.25) is 4.90 Å². The quantitative estimate of drug-likeness (QED) is 0.203. The van der Waals surface area contributed by atoms with Gasteiger partial charge in [0.25, 0.3) is 0 Å². The number of benzene rings is 1. The van der Waals surface area contributed by atoms with Gasteiger partial charge < -0.3 is 14.8 Å². The van der Waals surface area contributed by atoms with Gasteiger partial charge in [-0.25, -0.2) is 9.97 Å². The number of thiophene rings is 1. The molecule has 2 saturated carbocycles. The van der Waals surface area contributed by atoms with Crippen LogP contribution in [0.15, 0.2) is 42.9 Å². The molecule has 230 valence electrons. The molecule has 1 N–H and O–H groups in total. The highest BCUT2D eigenvalue weighted by Gasteiger charge is 2.39. The normalized spacial score (nSPS) is 18.2.